The number of anilines is 2. The number of carbonyl (C=O) groups excluding carboxylic acids is 2. The summed E-state index contributed by atoms with van der Waals surface area (Å²) in [6.45, 7) is -0.409. The van der Waals surface area contributed by atoms with Crippen molar-refractivity contribution in [1.29, 1.82) is 0 Å². The summed E-state index contributed by atoms with van der Waals surface area (Å²) in [5, 5.41) is 11.2. The van der Waals surface area contributed by atoms with Crippen molar-refractivity contribution >= 4 is 23.4 Å². The number of amides is 2. The normalized spacial score (nSPS) is 13.9. The Kier molecular flexibility index (Phi) is 3.24. The molecular formula is C11H12N2O4. The Labute approximate surface area is 97.8 Å². The molecule has 2 amide bonds. The Morgan fingerprint density at radius 1 is 1.47 bits per heavy atom. The first kappa shape index (κ1) is 11.4. The predicted molar refractivity (Wildman–Crippen MR) is 60.9 cm³/mol. The summed E-state index contributed by atoms with van der Waals surface area (Å²) in [6.07, 6.45) is -0.638. The molecule has 0 bridgehead atoms. The van der Waals surface area contributed by atoms with Crippen LogP contribution >= 0.6 is 0 Å². The van der Waals surface area contributed by atoms with Crippen molar-refractivity contribution < 1.29 is 19.4 Å². The average molecular weight is 236 g/mol. The van der Waals surface area contributed by atoms with Gasteiger partial charge in [-0.05, 0) is 12.1 Å². The van der Waals surface area contributed by atoms with Gasteiger partial charge in [0.1, 0.15) is 13.2 Å². The molecule has 17 heavy (non-hydrogen) atoms. The molecule has 1 aliphatic heterocycles. The van der Waals surface area contributed by atoms with Crippen molar-refractivity contribution in [3.05, 3.63) is 24.3 Å². The summed E-state index contributed by atoms with van der Waals surface area (Å²) in [5.74, 6) is -0.273. The van der Waals surface area contributed by atoms with E-state index in [4.69, 9.17) is 9.84 Å². The van der Waals surface area contributed by atoms with Gasteiger partial charge in [0.05, 0.1) is 18.0 Å². The van der Waals surface area contributed by atoms with Crippen LogP contribution in [-0.4, -0.2) is 36.9 Å². The zero-order valence-electron chi connectivity index (χ0n) is 9.05. The molecule has 0 fully saturated rings. The summed E-state index contributed by atoms with van der Waals surface area (Å²) in [4.78, 5) is 24.3. The molecule has 0 aliphatic carbocycles. The number of rotatable bonds is 2. The van der Waals surface area contributed by atoms with Gasteiger partial charge in [-0.25, -0.2) is 4.79 Å². The first-order chi connectivity index (χ1) is 8.22. The summed E-state index contributed by atoms with van der Waals surface area (Å²) < 4.78 is 4.79. The van der Waals surface area contributed by atoms with Gasteiger partial charge in [0.2, 0.25) is 5.91 Å². The zero-order chi connectivity index (χ0) is 12.3. The van der Waals surface area contributed by atoms with E-state index >= 15 is 0 Å². The molecule has 1 aliphatic rings. The summed E-state index contributed by atoms with van der Waals surface area (Å²) >= 11 is 0. The summed E-state index contributed by atoms with van der Waals surface area (Å²) in [7, 11) is 0. The number of nitrogens with zero attached hydrogens (tertiary/aromatic N) is 1. The third kappa shape index (κ3) is 2.36. The molecule has 0 radical (unpaired) electrons. The van der Waals surface area contributed by atoms with Gasteiger partial charge in [-0.1, -0.05) is 12.1 Å². The highest BCUT2D eigenvalue weighted by Gasteiger charge is 2.27. The fourth-order valence-corrected chi connectivity index (χ4v) is 1.61. The van der Waals surface area contributed by atoms with Gasteiger partial charge in [0, 0.05) is 0 Å². The quantitative estimate of drug-likeness (QED) is 0.787. The van der Waals surface area contributed by atoms with E-state index in [1.165, 1.54) is 4.90 Å². The van der Waals surface area contributed by atoms with Crippen molar-refractivity contribution in [2.24, 2.45) is 0 Å². The Balaban J connectivity index is 2.23. The molecule has 6 heteroatoms. The first-order valence-corrected chi connectivity index (χ1v) is 5.16. The lowest BCUT2D eigenvalue weighted by Gasteiger charge is -2.28. The van der Waals surface area contributed by atoms with E-state index in [2.05, 4.69) is 5.32 Å². The molecular weight excluding hydrogens is 224 g/mol. The SMILES string of the molecule is O=C1CN(C(=O)OCCO)c2ccccc2N1. The van der Waals surface area contributed by atoms with Crippen LogP contribution in [0.5, 0.6) is 0 Å². The van der Waals surface area contributed by atoms with Crippen molar-refractivity contribution in [1.82, 2.24) is 0 Å². The molecule has 1 aromatic carbocycles. The van der Waals surface area contributed by atoms with Crippen LogP contribution in [0.3, 0.4) is 0 Å². The largest absolute Gasteiger partial charge is 0.447 e. The van der Waals surface area contributed by atoms with E-state index in [0.717, 1.165) is 0 Å². The fraction of sp³-hybridized carbons (Fsp3) is 0.273. The Morgan fingerprint density at radius 3 is 3.00 bits per heavy atom. The highest BCUT2D eigenvalue weighted by atomic mass is 16.6. The maximum Gasteiger partial charge on any atom is 0.414 e. The van der Waals surface area contributed by atoms with Crippen LogP contribution in [0.1, 0.15) is 0 Å². The van der Waals surface area contributed by atoms with Crippen molar-refractivity contribution in [3.8, 4) is 0 Å². The lowest BCUT2D eigenvalue weighted by molar-refractivity contribution is -0.115. The van der Waals surface area contributed by atoms with Gasteiger partial charge < -0.3 is 15.2 Å². The highest BCUT2D eigenvalue weighted by Crippen LogP contribution is 2.29. The van der Waals surface area contributed by atoms with Crippen molar-refractivity contribution in [2.75, 3.05) is 30.0 Å². The number of hydrogen-bond donors (Lipinski definition) is 2. The molecule has 90 valence electrons. The van der Waals surface area contributed by atoms with Gasteiger partial charge in [-0.3, -0.25) is 9.69 Å². The van der Waals surface area contributed by atoms with Crippen molar-refractivity contribution in [3.63, 3.8) is 0 Å². The van der Waals surface area contributed by atoms with Crippen LogP contribution in [0.2, 0.25) is 0 Å². The standard InChI is InChI=1S/C11H12N2O4/c14-5-6-17-11(16)13-7-10(15)12-8-3-1-2-4-9(8)13/h1-4,14H,5-7H2,(H,12,15). The second-order valence-electron chi connectivity index (χ2n) is 3.49. The molecule has 0 atom stereocenters. The summed E-state index contributed by atoms with van der Waals surface area (Å²) in [5.41, 5.74) is 1.17. The third-order valence-electron chi connectivity index (χ3n) is 2.31. The van der Waals surface area contributed by atoms with Crippen LogP contribution in [-0.2, 0) is 9.53 Å². The van der Waals surface area contributed by atoms with Crippen LogP contribution in [0.15, 0.2) is 24.3 Å². The zero-order valence-corrected chi connectivity index (χ0v) is 9.05. The number of para-hydroxylation sites is 2. The average Bonchev–Trinajstić information content (AvgIpc) is 2.34. The summed E-state index contributed by atoms with van der Waals surface area (Å²) in [6, 6.07) is 6.96. The Bertz CT molecular complexity index is 447. The lowest BCUT2D eigenvalue weighted by atomic mass is 10.2. The van der Waals surface area contributed by atoms with Crippen LogP contribution in [0.25, 0.3) is 0 Å². The van der Waals surface area contributed by atoms with Crippen LogP contribution < -0.4 is 10.2 Å². The van der Waals surface area contributed by atoms with Gasteiger partial charge in [-0.2, -0.15) is 0 Å². The number of benzene rings is 1. The van der Waals surface area contributed by atoms with Crippen LogP contribution in [0, 0.1) is 0 Å². The molecule has 0 spiro atoms. The minimum absolute atomic E-state index is 0.0821. The van der Waals surface area contributed by atoms with Gasteiger partial charge in [0.25, 0.3) is 0 Å². The fourth-order valence-electron chi connectivity index (χ4n) is 1.61. The maximum atomic E-state index is 11.7. The Morgan fingerprint density at radius 2 is 2.24 bits per heavy atom. The minimum atomic E-state index is -0.638. The van der Waals surface area contributed by atoms with Gasteiger partial charge >= 0.3 is 6.09 Å². The molecule has 1 heterocycles. The number of aliphatic hydroxyl groups excluding tert-OH is 1. The van der Waals surface area contributed by atoms with E-state index < -0.39 is 6.09 Å². The number of fused-ring (bicyclic) bond motifs is 1. The molecule has 1 aromatic rings. The molecule has 0 aromatic heterocycles. The molecule has 2 rings (SSSR count). The number of ether oxygens (including phenoxy) is 1. The topological polar surface area (TPSA) is 78.9 Å². The molecule has 6 nitrogen and oxygen atoms in total. The Hall–Kier alpha value is -2.08. The van der Waals surface area contributed by atoms with Crippen LogP contribution in [0.4, 0.5) is 16.2 Å². The monoisotopic (exact) mass is 236 g/mol. The molecule has 0 saturated carbocycles. The number of hydrogen-bond acceptors (Lipinski definition) is 4. The van der Waals surface area contributed by atoms with E-state index in [-0.39, 0.29) is 25.7 Å². The number of nitrogens with one attached hydrogen (secondary N) is 1. The molecule has 2 N–H and O–H groups in total. The minimum Gasteiger partial charge on any atom is -0.447 e. The smallest absolute Gasteiger partial charge is 0.414 e. The van der Waals surface area contributed by atoms with E-state index in [9.17, 15) is 9.59 Å². The molecule has 0 unspecified atom stereocenters. The van der Waals surface area contributed by atoms with Gasteiger partial charge in [-0.15, -0.1) is 0 Å². The van der Waals surface area contributed by atoms with Crippen molar-refractivity contribution in [2.45, 2.75) is 0 Å². The maximum absolute atomic E-state index is 11.7. The lowest BCUT2D eigenvalue weighted by Crippen LogP contribution is -2.42. The second kappa shape index (κ2) is 4.84. The van der Waals surface area contributed by atoms with E-state index in [0.29, 0.717) is 11.4 Å². The first-order valence-electron chi connectivity index (χ1n) is 5.16. The van der Waals surface area contributed by atoms with Gasteiger partial charge in [0.15, 0.2) is 0 Å². The number of carbonyl (C=O) groups is 2. The predicted octanol–water partition coefficient (Wildman–Crippen LogP) is 0.574. The molecule has 0 saturated heterocycles. The third-order valence-corrected chi connectivity index (χ3v) is 2.31. The second-order valence-corrected chi connectivity index (χ2v) is 3.49. The number of aliphatic hydroxyl groups is 1. The highest BCUT2D eigenvalue weighted by molar-refractivity contribution is 6.08. The van der Waals surface area contributed by atoms with E-state index in [1.54, 1.807) is 24.3 Å². The van der Waals surface area contributed by atoms with E-state index in [1.807, 2.05) is 0 Å².